The molecule has 2 amide bonds. The van der Waals surface area contributed by atoms with Gasteiger partial charge in [-0.3, -0.25) is 0 Å². The van der Waals surface area contributed by atoms with Crippen LogP contribution in [0.5, 0.6) is 0 Å². The Kier molecular flexibility index (Phi) is 7.01. The van der Waals surface area contributed by atoms with Crippen LogP contribution in [0.25, 0.3) is 0 Å². The van der Waals surface area contributed by atoms with Crippen molar-refractivity contribution >= 4 is 35.4 Å². The summed E-state index contributed by atoms with van der Waals surface area (Å²) in [5, 5.41) is 3.80. The molecule has 0 aliphatic carbocycles. The molecule has 1 heterocycles. The SMILES string of the molecule is CC(C)(C)OC(=O)N1CCC(NC(=O)OCc2cc(Cl)cc(Cl)c2)CC1. The van der Waals surface area contributed by atoms with E-state index in [2.05, 4.69) is 5.32 Å². The number of ether oxygens (including phenoxy) is 2. The van der Waals surface area contributed by atoms with Crippen molar-refractivity contribution in [2.24, 2.45) is 0 Å². The zero-order valence-corrected chi connectivity index (χ0v) is 16.7. The molecule has 1 aliphatic heterocycles. The molecule has 1 aliphatic rings. The second kappa shape index (κ2) is 8.82. The molecule has 26 heavy (non-hydrogen) atoms. The lowest BCUT2D eigenvalue weighted by Gasteiger charge is -2.33. The number of nitrogens with one attached hydrogen (secondary N) is 1. The van der Waals surface area contributed by atoms with Crippen molar-refractivity contribution in [2.75, 3.05) is 13.1 Å². The molecular weight excluding hydrogens is 379 g/mol. The van der Waals surface area contributed by atoms with Gasteiger partial charge in [0, 0.05) is 29.2 Å². The van der Waals surface area contributed by atoms with Gasteiger partial charge in [-0.2, -0.15) is 0 Å². The molecule has 0 radical (unpaired) electrons. The van der Waals surface area contributed by atoms with E-state index in [-0.39, 0.29) is 18.7 Å². The maximum absolute atomic E-state index is 12.0. The Balaban J connectivity index is 1.73. The van der Waals surface area contributed by atoms with E-state index in [0.29, 0.717) is 36.0 Å². The van der Waals surface area contributed by atoms with E-state index < -0.39 is 11.7 Å². The first-order valence-electron chi connectivity index (χ1n) is 8.48. The van der Waals surface area contributed by atoms with Crippen LogP contribution in [-0.2, 0) is 16.1 Å². The summed E-state index contributed by atoms with van der Waals surface area (Å²) >= 11 is 11.8. The second-order valence-electron chi connectivity index (χ2n) is 7.24. The summed E-state index contributed by atoms with van der Waals surface area (Å²) in [5.41, 5.74) is 0.205. The van der Waals surface area contributed by atoms with E-state index in [0.717, 1.165) is 5.56 Å². The number of carbonyl (C=O) groups excluding carboxylic acids is 2. The van der Waals surface area contributed by atoms with Crippen LogP contribution >= 0.6 is 23.2 Å². The molecule has 2 rings (SSSR count). The summed E-state index contributed by atoms with van der Waals surface area (Å²) in [4.78, 5) is 25.6. The highest BCUT2D eigenvalue weighted by molar-refractivity contribution is 6.34. The Hall–Kier alpha value is -1.66. The van der Waals surface area contributed by atoms with Crippen LogP contribution in [-0.4, -0.2) is 41.8 Å². The lowest BCUT2D eigenvalue weighted by molar-refractivity contribution is 0.0198. The van der Waals surface area contributed by atoms with E-state index in [1.54, 1.807) is 23.1 Å². The summed E-state index contributed by atoms with van der Waals surface area (Å²) in [7, 11) is 0. The van der Waals surface area contributed by atoms with Gasteiger partial charge in [-0.1, -0.05) is 23.2 Å². The fourth-order valence-corrected chi connectivity index (χ4v) is 3.16. The van der Waals surface area contributed by atoms with Crippen molar-refractivity contribution in [2.45, 2.75) is 51.9 Å². The maximum Gasteiger partial charge on any atom is 0.410 e. The van der Waals surface area contributed by atoms with E-state index >= 15 is 0 Å². The molecule has 144 valence electrons. The minimum atomic E-state index is -0.515. The average Bonchev–Trinajstić information content (AvgIpc) is 2.51. The summed E-state index contributed by atoms with van der Waals surface area (Å²) in [6.45, 7) is 6.66. The fourth-order valence-electron chi connectivity index (χ4n) is 2.58. The van der Waals surface area contributed by atoms with Gasteiger partial charge in [0.1, 0.15) is 12.2 Å². The van der Waals surface area contributed by atoms with Crippen LogP contribution in [0.4, 0.5) is 9.59 Å². The minimum absolute atomic E-state index is 0.0378. The first-order valence-corrected chi connectivity index (χ1v) is 9.24. The first-order chi connectivity index (χ1) is 12.1. The predicted molar refractivity (Wildman–Crippen MR) is 101 cm³/mol. The smallest absolute Gasteiger partial charge is 0.410 e. The first kappa shape index (κ1) is 20.6. The highest BCUT2D eigenvalue weighted by Crippen LogP contribution is 2.20. The van der Waals surface area contributed by atoms with Gasteiger partial charge in [-0.25, -0.2) is 9.59 Å². The number of piperidine rings is 1. The third kappa shape index (κ3) is 6.92. The van der Waals surface area contributed by atoms with Crippen LogP contribution < -0.4 is 5.32 Å². The molecule has 1 fully saturated rings. The lowest BCUT2D eigenvalue weighted by Crippen LogP contribution is -2.47. The van der Waals surface area contributed by atoms with Crippen molar-refractivity contribution in [1.29, 1.82) is 0 Å². The third-order valence-electron chi connectivity index (χ3n) is 3.76. The molecule has 0 unspecified atom stereocenters. The molecule has 1 N–H and O–H groups in total. The van der Waals surface area contributed by atoms with Gasteiger partial charge >= 0.3 is 12.2 Å². The number of hydrogen-bond acceptors (Lipinski definition) is 4. The molecule has 0 bridgehead atoms. The molecule has 0 aromatic heterocycles. The highest BCUT2D eigenvalue weighted by Gasteiger charge is 2.27. The number of amides is 2. The van der Waals surface area contributed by atoms with Gasteiger partial charge in [0.05, 0.1) is 0 Å². The van der Waals surface area contributed by atoms with Crippen LogP contribution in [0.1, 0.15) is 39.2 Å². The lowest BCUT2D eigenvalue weighted by atomic mass is 10.1. The maximum atomic E-state index is 12.0. The standard InChI is InChI=1S/C18H24Cl2N2O4/c1-18(2,3)26-17(24)22-6-4-15(5-7-22)21-16(23)25-11-12-8-13(19)10-14(20)9-12/h8-10,15H,4-7,11H2,1-3H3,(H,21,23). The molecule has 0 saturated carbocycles. The highest BCUT2D eigenvalue weighted by atomic mass is 35.5. The monoisotopic (exact) mass is 402 g/mol. The Morgan fingerprint density at radius 2 is 1.73 bits per heavy atom. The van der Waals surface area contributed by atoms with Gasteiger partial charge in [-0.15, -0.1) is 0 Å². The van der Waals surface area contributed by atoms with Gasteiger partial charge in [0.2, 0.25) is 0 Å². The number of rotatable bonds is 3. The molecule has 1 aromatic rings. The number of likely N-dealkylation sites (tertiary alicyclic amines) is 1. The molecule has 0 spiro atoms. The van der Waals surface area contributed by atoms with E-state index in [4.69, 9.17) is 32.7 Å². The van der Waals surface area contributed by atoms with Crippen molar-refractivity contribution in [1.82, 2.24) is 10.2 Å². The van der Waals surface area contributed by atoms with Crippen LogP contribution in [0.3, 0.4) is 0 Å². The number of halogens is 2. The summed E-state index contributed by atoms with van der Waals surface area (Å²) in [5.74, 6) is 0. The number of carbonyl (C=O) groups is 2. The normalized spacial score (nSPS) is 15.5. The van der Waals surface area contributed by atoms with Gasteiger partial charge in [0.15, 0.2) is 0 Å². The topological polar surface area (TPSA) is 67.9 Å². The van der Waals surface area contributed by atoms with E-state index in [9.17, 15) is 9.59 Å². The number of hydrogen-bond donors (Lipinski definition) is 1. The van der Waals surface area contributed by atoms with Gasteiger partial charge < -0.3 is 19.7 Å². The second-order valence-corrected chi connectivity index (χ2v) is 8.11. The van der Waals surface area contributed by atoms with E-state index in [1.165, 1.54) is 0 Å². The average molecular weight is 403 g/mol. The molecule has 0 atom stereocenters. The summed E-state index contributed by atoms with van der Waals surface area (Å²) in [6, 6.07) is 4.97. The minimum Gasteiger partial charge on any atom is -0.445 e. The number of nitrogens with zero attached hydrogens (tertiary/aromatic N) is 1. The Morgan fingerprint density at radius 3 is 2.27 bits per heavy atom. The predicted octanol–water partition coefficient (Wildman–Crippen LogP) is 4.62. The molecule has 1 aromatic carbocycles. The fraction of sp³-hybridized carbons (Fsp3) is 0.556. The third-order valence-corrected chi connectivity index (χ3v) is 4.20. The van der Waals surface area contributed by atoms with Crippen molar-refractivity contribution < 1.29 is 19.1 Å². The van der Waals surface area contributed by atoms with Gasteiger partial charge in [-0.05, 0) is 57.4 Å². The Bertz CT molecular complexity index is 633. The van der Waals surface area contributed by atoms with Crippen LogP contribution in [0.2, 0.25) is 10.0 Å². The summed E-state index contributed by atoms with van der Waals surface area (Å²) < 4.78 is 10.6. The molecule has 1 saturated heterocycles. The zero-order chi connectivity index (χ0) is 19.3. The zero-order valence-electron chi connectivity index (χ0n) is 15.2. The van der Waals surface area contributed by atoms with Crippen LogP contribution in [0.15, 0.2) is 18.2 Å². The largest absolute Gasteiger partial charge is 0.445 e. The molecule has 8 heteroatoms. The van der Waals surface area contributed by atoms with Crippen LogP contribution in [0, 0.1) is 0 Å². The van der Waals surface area contributed by atoms with Crippen molar-refractivity contribution in [3.05, 3.63) is 33.8 Å². The van der Waals surface area contributed by atoms with Crippen molar-refractivity contribution in [3.8, 4) is 0 Å². The van der Waals surface area contributed by atoms with Crippen molar-refractivity contribution in [3.63, 3.8) is 0 Å². The number of alkyl carbamates (subject to hydrolysis) is 1. The number of benzene rings is 1. The quantitative estimate of drug-likeness (QED) is 0.800. The van der Waals surface area contributed by atoms with E-state index in [1.807, 2.05) is 20.8 Å². The molecule has 6 nitrogen and oxygen atoms in total. The van der Waals surface area contributed by atoms with Gasteiger partial charge in [0.25, 0.3) is 0 Å². The molecular formula is C18H24Cl2N2O4. The summed E-state index contributed by atoms with van der Waals surface area (Å²) in [6.07, 6.45) is 0.475. The Labute approximate surface area is 163 Å². The Morgan fingerprint density at radius 1 is 1.15 bits per heavy atom.